The quantitative estimate of drug-likeness (QED) is 0.581. The van der Waals surface area contributed by atoms with E-state index in [0.717, 1.165) is 27.8 Å². The highest BCUT2D eigenvalue weighted by Gasteiger charge is 2.22. The van der Waals surface area contributed by atoms with Crippen molar-refractivity contribution in [1.29, 1.82) is 0 Å². The molecule has 11 heteroatoms. The number of benzene rings is 1. The fourth-order valence-corrected chi connectivity index (χ4v) is 5.20. The van der Waals surface area contributed by atoms with Gasteiger partial charge in [0.05, 0.1) is 17.5 Å². The summed E-state index contributed by atoms with van der Waals surface area (Å²) in [6.07, 6.45) is 4.61. The molecule has 2 heterocycles. The fourth-order valence-electron chi connectivity index (χ4n) is 2.94. The Balaban J connectivity index is 1.37. The Hall–Kier alpha value is -1.98. The first-order chi connectivity index (χ1) is 13.3. The first kappa shape index (κ1) is 18.4. The second-order valence-electron chi connectivity index (χ2n) is 5.98. The van der Waals surface area contributed by atoms with E-state index < -0.39 is 0 Å². The van der Waals surface area contributed by atoms with Gasteiger partial charge in [-0.15, -0.1) is 15.3 Å². The van der Waals surface area contributed by atoms with Crippen LogP contribution >= 0.6 is 34.9 Å². The van der Waals surface area contributed by atoms with Gasteiger partial charge in [0.2, 0.25) is 11.1 Å². The lowest BCUT2D eigenvalue weighted by atomic mass is 10.3. The van der Waals surface area contributed by atoms with Crippen LogP contribution in [0.1, 0.15) is 31.7 Å². The van der Waals surface area contributed by atoms with Gasteiger partial charge in [0.1, 0.15) is 5.51 Å². The van der Waals surface area contributed by atoms with Crippen molar-refractivity contribution >= 4 is 46.5 Å². The van der Waals surface area contributed by atoms with Crippen molar-refractivity contribution in [2.24, 2.45) is 0 Å². The van der Waals surface area contributed by atoms with E-state index in [1.807, 2.05) is 28.9 Å². The molecule has 0 atom stereocenters. The molecule has 1 fully saturated rings. The molecular formula is C16H17N7OS3. The van der Waals surface area contributed by atoms with Gasteiger partial charge in [0.25, 0.3) is 0 Å². The molecule has 4 rings (SSSR count). The van der Waals surface area contributed by atoms with Crippen LogP contribution < -0.4 is 5.32 Å². The highest BCUT2D eigenvalue weighted by Crippen LogP contribution is 2.34. The Morgan fingerprint density at radius 1 is 1.26 bits per heavy atom. The molecule has 0 aliphatic heterocycles. The summed E-state index contributed by atoms with van der Waals surface area (Å²) >= 11 is 4.32. The maximum Gasteiger partial charge on any atom is 0.234 e. The van der Waals surface area contributed by atoms with Crippen LogP contribution in [0.4, 0.5) is 5.69 Å². The molecule has 8 nitrogen and oxygen atoms in total. The number of carbonyl (C=O) groups excluding carboxylic acids is 1. The van der Waals surface area contributed by atoms with Gasteiger partial charge >= 0.3 is 0 Å². The smallest absolute Gasteiger partial charge is 0.234 e. The van der Waals surface area contributed by atoms with Crippen molar-refractivity contribution in [2.45, 2.75) is 46.1 Å². The van der Waals surface area contributed by atoms with E-state index in [0.29, 0.717) is 11.2 Å². The summed E-state index contributed by atoms with van der Waals surface area (Å²) in [4.78, 5) is 13.4. The molecule has 1 aromatic carbocycles. The number of para-hydroxylation sites is 1. The molecule has 2 aromatic heterocycles. The number of aromatic nitrogens is 6. The fraction of sp³-hybridized carbons (Fsp3) is 0.375. The molecule has 3 aromatic rings. The number of tetrazole rings is 1. The Labute approximate surface area is 168 Å². The number of amides is 1. The van der Waals surface area contributed by atoms with Crippen molar-refractivity contribution in [3.63, 3.8) is 0 Å². The summed E-state index contributed by atoms with van der Waals surface area (Å²) in [6, 6.07) is 8.02. The second-order valence-corrected chi connectivity index (χ2v) is 9.05. The number of hydrogen-bond acceptors (Lipinski definition) is 9. The summed E-state index contributed by atoms with van der Waals surface area (Å²) in [5.74, 6) is 0.163. The van der Waals surface area contributed by atoms with E-state index in [1.165, 1.54) is 47.7 Å². The Kier molecular flexibility index (Phi) is 6.00. The number of nitrogens with zero attached hydrogens (tertiary/aromatic N) is 6. The topological polar surface area (TPSA) is 98.5 Å². The van der Waals surface area contributed by atoms with Crippen molar-refractivity contribution in [3.05, 3.63) is 29.8 Å². The molecule has 1 saturated carbocycles. The average Bonchev–Trinajstić information content (AvgIpc) is 3.43. The number of hydrogen-bond donors (Lipinski definition) is 1. The standard InChI is InChI=1S/C16H17N7OS3/c24-14(9-25-15-19-21-22-23(15)11-5-1-2-6-11)18-12-7-3-4-8-13(12)27-16-20-17-10-26-16/h3-4,7-8,10-11H,1-2,5-6,9H2,(H,18,24). The predicted octanol–water partition coefficient (Wildman–Crippen LogP) is 3.52. The minimum atomic E-state index is -0.0914. The van der Waals surface area contributed by atoms with Gasteiger partial charge in [-0.05, 0) is 35.4 Å². The van der Waals surface area contributed by atoms with Gasteiger partial charge in [0, 0.05) is 4.90 Å². The molecule has 0 spiro atoms. The summed E-state index contributed by atoms with van der Waals surface area (Å²) in [5.41, 5.74) is 2.45. The minimum Gasteiger partial charge on any atom is -0.324 e. The summed E-state index contributed by atoms with van der Waals surface area (Å²) in [7, 11) is 0. The number of rotatable bonds is 7. The lowest BCUT2D eigenvalue weighted by Crippen LogP contribution is -2.16. The molecule has 27 heavy (non-hydrogen) atoms. The van der Waals surface area contributed by atoms with E-state index >= 15 is 0 Å². The third-order valence-electron chi connectivity index (χ3n) is 4.16. The summed E-state index contributed by atoms with van der Waals surface area (Å²) in [5, 5.41) is 23.5. The van der Waals surface area contributed by atoms with Crippen molar-refractivity contribution in [2.75, 3.05) is 11.1 Å². The zero-order chi connectivity index (χ0) is 18.5. The van der Waals surface area contributed by atoms with Crippen molar-refractivity contribution < 1.29 is 4.79 Å². The second kappa shape index (κ2) is 8.81. The van der Waals surface area contributed by atoms with E-state index in [1.54, 1.807) is 5.51 Å². The van der Waals surface area contributed by atoms with E-state index in [-0.39, 0.29) is 11.7 Å². The third-order valence-corrected chi connectivity index (χ3v) is 6.95. The maximum atomic E-state index is 12.5. The van der Waals surface area contributed by atoms with Crippen LogP contribution in [0.2, 0.25) is 0 Å². The Morgan fingerprint density at radius 2 is 2.11 bits per heavy atom. The van der Waals surface area contributed by atoms with Crippen LogP contribution in [-0.4, -0.2) is 42.1 Å². The van der Waals surface area contributed by atoms with Crippen LogP contribution in [0.25, 0.3) is 0 Å². The van der Waals surface area contributed by atoms with Gasteiger partial charge in [-0.2, -0.15) is 0 Å². The number of nitrogens with one attached hydrogen (secondary N) is 1. The van der Waals surface area contributed by atoms with Crippen molar-refractivity contribution in [3.8, 4) is 0 Å². The van der Waals surface area contributed by atoms with Gasteiger partial charge in [-0.25, -0.2) is 4.68 Å². The number of carbonyl (C=O) groups is 1. The lowest BCUT2D eigenvalue weighted by molar-refractivity contribution is -0.113. The van der Waals surface area contributed by atoms with Gasteiger partial charge < -0.3 is 5.32 Å². The van der Waals surface area contributed by atoms with Gasteiger partial charge in [-0.3, -0.25) is 4.79 Å². The molecular weight excluding hydrogens is 402 g/mol. The summed E-state index contributed by atoms with van der Waals surface area (Å²) < 4.78 is 2.70. The van der Waals surface area contributed by atoms with E-state index in [4.69, 9.17) is 0 Å². The van der Waals surface area contributed by atoms with Crippen LogP contribution in [0.5, 0.6) is 0 Å². The SMILES string of the molecule is O=C(CSc1nnnn1C1CCCC1)Nc1ccccc1Sc1nncs1. The zero-order valence-electron chi connectivity index (χ0n) is 14.3. The monoisotopic (exact) mass is 419 g/mol. The third kappa shape index (κ3) is 4.66. The predicted molar refractivity (Wildman–Crippen MR) is 105 cm³/mol. The molecule has 140 valence electrons. The minimum absolute atomic E-state index is 0.0914. The normalized spacial score (nSPS) is 14.5. The average molecular weight is 420 g/mol. The van der Waals surface area contributed by atoms with Crippen LogP contribution in [0.15, 0.2) is 44.2 Å². The summed E-state index contributed by atoms with van der Waals surface area (Å²) in [6.45, 7) is 0. The molecule has 1 amide bonds. The Morgan fingerprint density at radius 3 is 2.93 bits per heavy atom. The zero-order valence-corrected chi connectivity index (χ0v) is 16.8. The highest BCUT2D eigenvalue weighted by molar-refractivity contribution is 8.01. The van der Waals surface area contributed by atoms with Gasteiger partial charge in [-0.1, -0.05) is 59.8 Å². The molecule has 1 N–H and O–H groups in total. The molecule has 1 aliphatic rings. The first-order valence-corrected chi connectivity index (χ1v) is 11.2. The molecule has 0 saturated heterocycles. The molecule has 0 radical (unpaired) electrons. The van der Waals surface area contributed by atoms with Crippen LogP contribution in [-0.2, 0) is 4.79 Å². The largest absolute Gasteiger partial charge is 0.324 e. The number of anilines is 1. The lowest BCUT2D eigenvalue weighted by Gasteiger charge is -2.11. The van der Waals surface area contributed by atoms with E-state index in [9.17, 15) is 4.79 Å². The first-order valence-electron chi connectivity index (χ1n) is 8.53. The molecule has 0 unspecified atom stereocenters. The van der Waals surface area contributed by atoms with Crippen LogP contribution in [0, 0.1) is 0 Å². The van der Waals surface area contributed by atoms with Gasteiger partial charge in [0.15, 0.2) is 4.34 Å². The maximum absolute atomic E-state index is 12.5. The molecule has 1 aliphatic carbocycles. The van der Waals surface area contributed by atoms with Crippen LogP contribution in [0.3, 0.4) is 0 Å². The Bertz CT molecular complexity index is 893. The van der Waals surface area contributed by atoms with E-state index in [2.05, 4.69) is 31.0 Å². The highest BCUT2D eigenvalue weighted by atomic mass is 32.2. The van der Waals surface area contributed by atoms with Crippen molar-refractivity contribution in [1.82, 2.24) is 30.4 Å². The number of thioether (sulfide) groups is 1. The molecule has 0 bridgehead atoms.